The van der Waals surface area contributed by atoms with Gasteiger partial charge in [0.15, 0.2) is 0 Å². The standard InChI is InChI=1S/Ca.2ClH.H3N/h;2*1H;1H3/q+2;;;/p-1. The van der Waals surface area contributed by atoms with Crippen molar-refractivity contribution in [1.29, 1.82) is 0 Å². The zero-order valence-corrected chi connectivity index (χ0v) is 6.18. The van der Waals surface area contributed by atoms with E-state index in [1.54, 1.807) is 0 Å². The van der Waals surface area contributed by atoms with Gasteiger partial charge < -0.3 is 31.0 Å². The summed E-state index contributed by atoms with van der Waals surface area (Å²) in [4.78, 5) is 0. The fourth-order valence-corrected chi connectivity index (χ4v) is 0. The number of rotatable bonds is 0. The Labute approximate surface area is 67.9 Å². The van der Waals surface area contributed by atoms with Gasteiger partial charge >= 0.3 is 37.7 Å². The molecule has 0 aliphatic heterocycles. The molecular weight excluding hydrogens is 125 g/mol. The Morgan fingerprint density at radius 1 is 0.750 bits per heavy atom. The number of hydrogen-bond acceptors (Lipinski definition) is 0. The van der Waals surface area contributed by atoms with E-state index < -0.39 is 0 Å². The Morgan fingerprint density at radius 3 is 0.750 bits per heavy atom. The van der Waals surface area contributed by atoms with Crippen molar-refractivity contribution in [2.75, 3.05) is 0 Å². The summed E-state index contributed by atoms with van der Waals surface area (Å²) in [7, 11) is 0. The van der Waals surface area contributed by atoms with Gasteiger partial charge in [-0.05, 0) is 0 Å². The molecule has 0 aromatic rings. The van der Waals surface area contributed by atoms with Gasteiger partial charge in [0.2, 0.25) is 0 Å². The molecule has 1 nitrogen and oxygen atoms in total. The minimum Gasteiger partial charge on any atom is -1.00 e. The van der Waals surface area contributed by atoms with Crippen LogP contribution >= 0.6 is 0 Å². The second kappa shape index (κ2) is 21.4. The van der Waals surface area contributed by atoms with Crippen LogP contribution in [0.3, 0.4) is 0 Å². The third-order valence-electron chi connectivity index (χ3n) is 0. The largest absolute Gasteiger partial charge is 2.00 e. The van der Waals surface area contributed by atoms with Gasteiger partial charge in [-0.1, -0.05) is 0 Å². The smallest absolute Gasteiger partial charge is 1.00 e. The minimum atomic E-state index is 0. The van der Waals surface area contributed by atoms with Crippen molar-refractivity contribution in [2.45, 2.75) is 0 Å². The van der Waals surface area contributed by atoms with Crippen molar-refractivity contribution < 1.29 is 24.8 Å². The topological polar surface area (TPSA) is 36.5 Å². The maximum Gasteiger partial charge on any atom is 2.00 e. The monoisotopic (exact) mass is 128 g/mol. The zero-order chi connectivity index (χ0) is 0. The first-order valence-electron chi connectivity index (χ1n) is 0. The Balaban J connectivity index is 0. The van der Waals surface area contributed by atoms with Crippen molar-refractivity contribution in [1.82, 2.24) is 6.15 Å². The molecule has 0 heterocycles. The molecule has 0 amide bonds. The van der Waals surface area contributed by atoms with Crippen LogP contribution in [0.4, 0.5) is 0 Å². The van der Waals surface area contributed by atoms with Gasteiger partial charge in [0.05, 0.1) is 0 Å². The maximum atomic E-state index is 0. The first kappa shape index (κ1) is 41.3. The molecule has 0 aromatic carbocycles. The predicted octanol–water partition coefficient (Wildman–Crippen LogP) is -6.00. The van der Waals surface area contributed by atoms with E-state index in [0.29, 0.717) is 0 Å². The molecule has 4 N–H and O–H groups in total. The zero-order valence-electron chi connectivity index (χ0n) is 2.46. The Kier molecular flexibility index (Phi) is 221. The van der Waals surface area contributed by atoms with Crippen molar-refractivity contribution in [3.8, 4) is 0 Å². The van der Waals surface area contributed by atoms with Gasteiger partial charge in [-0.15, -0.1) is 0 Å². The van der Waals surface area contributed by atoms with Crippen molar-refractivity contribution in [2.24, 2.45) is 0 Å². The molecule has 0 bridgehead atoms. The SMILES string of the molecule is [Ca+2].[Cl-].[Cl-].[NH4+]. The van der Waals surface area contributed by atoms with Gasteiger partial charge in [0.1, 0.15) is 0 Å². The fraction of sp³-hybridized carbons (Fsp3) is 0. The number of hydrogen-bond donors (Lipinski definition) is 1. The quantitative estimate of drug-likeness (QED) is 0.316. The average Bonchev–Trinajstić information content (AvgIpc) is 0. The Hall–Kier alpha value is 1.80. The van der Waals surface area contributed by atoms with E-state index >= 15 is 0 Å². The van der Waals surface area contributed by atoms with Gasteiger partial charge in [-0.25, -0.2) is 0 Å². The van der Waals surface area contributed by atoms with Crippen LogP contribution in [0.1, 0.15) is 0 Å². The van der Waals surface area contributed by atoms with Crippen LogP contribution in [0.2, 0.25) is 0 Å². The van der Waals surface area contributed by atoms with E-state index in [4.69, 9.17) is 0 Å². The molecule has 4 heavy (non-hydrogen) atoms. The maximum absolute atomic E-state index is 0. The molecule has 0 saturated carbocycles. The molecule has 0 aliphatic rings. The van der Waals surface area contributed by atoms with Crippen LogP contribution in [-0.2, 0) is 0 Å². The molecule has 24 valence electrons. The molecule has 0 radical (unpaired) electrons. The van der Waals surface area contributed by atoms with Gasteiger partial charge in [0, 0.05) is 0 Å². The summed E-state index contributed by atoms with van der Waals surface area (Å²) < 4.78 is 0. The molecule has 0 unspecified atom stereocenters. The first-order valence-corrected chi connectivity index (χ1v) is 0. The number of quaternary nitrogens is 1. The van der Waals surface area contributed by atoms with Crippen LogP contribution < -0.4 is 31.0 Å². The third kappa shape index (κ3) is 9.20. The summed E-state index contributed by atoms with van der Waals surface area (Å²) >= 11 is 0. The molecular formula is H4CaCl2N+. The summed E-state index contributed by atoms with van der Waals surface area (Å²) in [5, 5.41) is 0. The van der Waals surface area contributed by atoms with E-state index in [9.17, 15) is 0 Å². The molecule has 0 atom stereocenters. The average molecular weight is 129 g/mol. The first-order chi connectivity index (χ1) is 0. The van der Waals surface area contributed by atoms with Crippen molar-refractivity contribution >= 4 is 37.7 Å². The van der Waals surface area contributed by atoms with E-state index in [1.807, 2.05) is 0 Å². The molecule has 0 aliphatic carbocycles. The normalized spacial score (nSPS) is 0. The third-order valence-corrected chi connectivity index (χ3v) is 0. The summed E-state index contributed by atoms with van der Waals surface area (Å²) in [6, 6.07) is 0. The van der Waals surface area contributed by atoms with Crippen LogP contribution in [0.15, 0.2) is 0 Å². The van der Waals surface area contributed by atoms with Gasteiger partial charge in [0.25, 0.3) is 0 Å². The van der Waals surface area contributed by atoms with E-state index in [1.165, 1.54) is 0 Å². The van der Waals surface area contributed by atoms with E-state index in [-0.39, 0.29) is 68.7 Å². The predicted molar refractivity (Wildman–Crippen MR) is 11.7 cm³/mol. The molecule has 0 fully saturated rings. The van der Waals surface area contributed by atoms with Gasteiger partial charge in [-0.2, -0.15) is 0 Å². The summed E-state index contributed by atoms with van der Waals surface area (Å²) in [6.45, 7) is 0. The van der Waals surface area contributed by atoms with E-state index in [0.717, 1.165) is 0 Å². The van der Waals surface area contributed by atoms with Crippen molar-refractivity contribution in [3.05, 3.63) is 0 Å². The van der Waals surface area contributed by atoms with Crippen LogP contribution in [0.5, 0.6) is 0 Å². The second-order valence-corrected chi connectivity index (χ2v) is 0. The van der Waals surface area contributed by atoms with Crippen LogP contribution in [-0.4, -0.2) is 37.7 Å². The van der Waals surface area contributed by atoms with Crippen LogP contribution in [0, 0.1) is 0 Å². The van der Waals surface area contributed by atoms with Crippen LogP contribution in [0.25, 0.3) is 0 Å². The molecule has 0 spiro atoms. The summed E-state index contributed by atoms with van der Waals surface area (Å²) in [5.74, 6) is 0. The second-order valence-electron chi connectivity index (χ2n) is 0. The Bertz CT molecular complexity index is 6.00. The number of halogens is 2. The fourth-order valence-electron chi connectivity index (χ4n) is 0. The van der Waals surface area contributed by atoms with Gasteiger partial charge in [-0.3, -0.25) is 0 Å². The van der Waals surface area contributed by atoms with E-state index in [2.05, 4.69) is 0 Å². The van der Waals surface area contributed by atoms with Crippen molar-refractivity contribution in [3.63, 3.8) is 0 Å². The Morgan fingerprint density at radius 2 is 0.750 bits per heavy atom. The molecule has 0 rings (SSSR count). The summed E-state index contributed by atoms with van der Waals surface area (Å²) in [6.07, 6.45) is 0. The molecule has 0 saturated heterocycles. The molecule has 4 heteroatoms. The minimum absolute atomic E-state index is 0. The summed E-state index contributed by atoms with van der Waals surface area (Å²) in [5.41, 5.74) is 0. The molecule has 0 aromatic heterocycles.